The summed E-state index contributed by atoms with van der Waals surface area (Å²) in [4.78, 5) is 24.0. The molecule has 1 amide bonds. The SMILES string of the molecule is Cc1cc(OCn2nc(C)c(NC(=O)c3c(C(=O)O)cnn3C)c2C)ccc1Cl. The Balaban J connectivity index is 1.79. The van der Waals surface area contributed by atoms with Crippen LogP contribution >= 0.6 is 11.6 Å². The van der Waals surface area contributed by atoms with Crippen LogP contribution in [0.1, 0.15) is 37.8 Å². The third kappa shape index (κ3) is 4.09. The summed E-state index contributed by atoms with van der Waals surface area (Å²) in [6, 6.07) is 5.35. The Bertz CT molecular complexity index is 1100. The van der Waals surface area contributed by atoms with Crippen molar-refractivity contribution in [2.45, 2.75) is 27.5 Å². The molecule has 29 heavy (non-hydrogen) atoms. The predicted octanol–water partition coefficient (Wildman–Crippen LogP) is 3.18. The van der Waals surface area contributed by atoms with Gasteiger partial charge in [0.2, 0.25) is 0 Å². The standard InChI is InChI=1S/C19H20ClN5O4/c1-10-7-13(5-6-15(10)20)29-9-25-12(3)16(11(2)23-25)22-18(26)17-14(19(27)28)8-21-24(17)4/h5-8H,9H2,1-4H3,(H,22,26)(H,27,28). The largest absolute Gasteiger partial charge is 0.478 e. The number of hydrogen-bond donors (Lipinski definition) is 2. The van der Waals surface area contributed by atoms with Gasteiger partial charge in [0.05, 0.1) is 23.3 Å². The fraction of sp³-hybridized carbons (Fsp3) is 0.263. The van der Waals surface area contributed by atoms with Crippen molar-refractivity contribution >= 4 is 29.2 Å². The van der Waals surface area contributed by atoms with Crippen LogP contribution in [0.25, 0.3) is 0 Å². The van der Waals surface area contributed by atoms with Crippen molar-refractivity contribution in [2.75, 3.05) is 5.32 Å². The Kier molecular flexibility index (Phi) is 5.60. The van der Waals surface area contributed by atoms with Crippen LogP contribution in [0.3, 0.4) is 0 Å². The molecule has 0 fully saturated rings. The number of carboxylic acid groups (broad SMARTS) is 1. The average Bonchev–Trinajstić information content (AvgIpc) is 3.17. The van der Waals surface area contributed by atoms with Gasteiger partial charge in [-0.25, -0.2) is 9.48 Å². The molecule has 2 aromatic heterocycles. The second-order valence-corrected chi connectivity index (χ2v) is 6.93. The van der Waals surface area contributed by atoms with Crippen LogP contribution in [0.4, 0.5) is 5.69 Å². The van der Waals surface area contributed by atoms with E-state index in [4.69, 9.17) is 16.3 Å². The monoisotopic (exact) mass is 417 g/mol. The molecule has 0 aliphatic carbocycles. The maximum absolute atomic E-state index is 12.7. The minimum Gasteiger partial charge on any atom is -0.478 e. The Morgan fingerprint density at radius 2 is 2.00 bits per heavy atom. The zero-order chi connectivity index (χ0) is 21.3. The van der Waals surface area contributed by atoms with Gasteiger partial charge in [-0.2, -0.15) is 10.2 Å². The smallest absolute Gasteiger partial charge is 0.339 e. The summed E-state index contributed by atoms with van der Waals surface area (Å²) in [7, 11) is 1.51. The number of halogens is 1. The van der Waals surface area contributed by atoms with E-state index in [0.717, 1.165) is 11.8 Å². The molecule has 0 unspecified atom stereocenters. The summed E-state index contributed by atoms with van der Waals surface area (Å²) >= 11 is 6.02. The number of hydrogen-bond acceptors (Lipinski definition) is 5. The first-order valence-electron chi connectivity index (χ1n) is 8.68. The number of aryl methyl sites for hydroxylation is 3. The lowest BCUT2D eigenvalue weighted by atomic mass is 10.2. The van der Waals surface area contributed by atoms with Gasteiger partial charge in [-0.1, -0.05) is 11.6 Å². The van der Waals surface area contributed by atoms with Gasteiger partial charge >= 0.3 is 5.97 Å². The Hall–Kier alpha value is -3.33. The van der Waals surface area contributed by atoms with Crippen molar-refractivity contribution in [3.63, 3.8) is 0 Å². The van der Waals surface area contributed by atoms with Gasteiger partial charge in [0.25, 0.3) is 5.91 Å². The lowest BCUT2D eigenvalue weighted by Gasteiger charge is -2.10. The van der Waals surface area contributed by atoms with Crippen LogP contribution in [0, 0.1) is 20.8 Å². The first kappa shape index (κ1) is 20.4. The van der Waals surface area contributed by atoms with Gasteiger partial charge in [0, 0.05) is 12.1 Å². The first-order chi connectivity index (χ1) is 13.7. The number of carbonyl (C=O) groups excluding carboxylic acids is 1. The molecule has 9 nitrogen and oxygen atoms in total. The van der Waals surface area contributed by atoms with Gasteiger partial charge in [0.15, 0.2) is 6.73 Å². The van der Waals surface area contributed by atoms with E-state index >= 15 is 0 Å². The van der Waals surface area contributed by atoms with Crippen molar-refractivity contribution < 1.29 is 19.4 Å². The number of carbonyl (C=O) groups is 2. The number of amides is 1. The van der Waals surface area contributed by atoms with Crippen LogP contribution in [0.2, 0.25) is 5.02 Å². The third-order valence-electron chi connectivity index (χ3n) is 4.49. The minimum atomic E-state index is -1.22. The maximum atomic E-state index is 12.7. The molecule has 3 aromatic rings. The summed E-state index contributed by atoms with van der Waals surface area (Å²) in [6.45, 7) is 5.55. The fourth-order valence-corrected chi connectivity index (χ4v) is 3.00. The molecule has 152 valence electrons. The van der Waals surface area contributed by atoms with Crippen LogP contribution in [0.5, 0.6) is 5.75 Å². The van der Waals surface area contributed by atoms with Crippen LogP contribution in [0.15, 0.2) is 24.4 Å². The molecule has 0 saturated carbocycles. The van der Waals surface area contributed by atoms with Crippen LogP contribution in [-0.2, 0) is 13.8 Å². The van der Waals surface area contributed by atoms with E-state index in [9.17, 15) is 14.7 Å². The molecule has 0 atom stereocenters. The number of nitrogens with one attached hydrogen (secondary N) is 1. The number of anilines is 1. The summed E-state index contributed by atoms with van der Waals surface area (Å²) in [5.74, 6) is -1.16. The number of aromatic carboxylic acids is 1. The van der Waals surface area contributed by atoms with E-state index in [1.807, 2.05) is 13.0 Å². The number of aromatic nitrogens is 4. The fourth-order valence-electron chi connectivity index (χ4n) is 2.88. The normalized spacial score (nSPS) is 10.8. The van der Waals surface area contributed by atoms with Gasteiger partial charge in [-0.05, 0) is 44.5 Å². The lowest BCUT2D eigenvalue weighted by Crippen LogP contribution is -2.20. The zero-order valence-electron chi connectivity index (χ0n) is 16.4. The highest BCUT2D eigenvalue weighted by Crippen LogP contribution is 2.24. The topological polar surface area (TPSA) is 111 Å². The molecular weight excluding hydrogens is 398 g/mol. The Morgan fingerprint density at radius 1 is 1.28 bits per heavy atom. The van der Waals surface area contributed by atoms with E-state index in [2.05, 4.69) is 15.5 Å². The van der Waals surface area contributed by atoms with Crippen LogP contribution < -0.4 is 10.1 Å². The molecule has 0 aliphatic heterocycles. The van der Waals surface area contributed by atoms with Crippen molar-refractivity contribution in [1.29, 1.82) is 0 Å². The lowest BCUT2D eigenvalue weighted by molar-refractivity contribution is 0.0692. The van der Waals surface area contributed by atoms with Crippen molar-refractivity contribution in [2.24, 2.45) is 7.05 Å². The molecule has 0 radical (unpaired) electrons. The number of ether oxygens (including phenoxy) is 1. The molecule has 3 rings (SSSR count). The van der Waals surface area contributed by atoms with Crippen molar-refractivity contribution in [3.05, 3.63) is 57.6 Å². The summed E-state index contributed by atoms with van der Waals surface area (Å²) in [6.07, 6.45) is 1.14. The van der Waals surface area contributed by atoms with E-state index in [-0.39, 0.29) is 18.0 Å². The number of nitrogens with zero attached hydrogens (tertiary/aromatic N) is 4. The molecule has 0 aliphatic rings. The van der Waals surface area contributed by atoms with Gasteiger partial charge in [-0.15, -0.1) is 0 Å². The molecule has 0 saturated heterocycles. The molecule has 1 aromatic carbocycles. The van der Waals surface area contributed by atoms with Crippen molar-refractivity contribution in [3.8, 4) is 5.75 Å². The van der Waals surface area contributed by atoms with Crippen LogP contribution in [-0.4, -0.2) is 36.5 Å². The van der Waals surface area contributed by atoms with Gasteiger partial charge in [0.1, 0.15) is 17.0 Å². The molecule has 0 bridgehead atoms. The predicted molar refractivity (Wildman–Crippen MR) is 107 cm³/mol. The van der Waals surface area contributed by atoms with Crippen molar-refractivity contribution in [1.82, 2.24) is 19.6 Å². The van der Waals surface area contributed by atoms with E-state index < -0.39 is 11.9 Å². The zero-order valence-corrected chi connectivity index (χ0v) is 17.1. The number of carboxylic acids is 1. The molecule has 2 N–H and O–H groups in total. The highest BCUT2D eigenvalue weighted by Gasteiger charge is 2.24. The van der Waals surface area contributed by atoms with E-state index in [1.54, 1.807) is 30.7 Å². The highest BCUT2D eigenvalue weighted by molar-refractivity contribution is 6.31. The van der Waals surface area contributed by atoms with E-state index in [1.165, 1.54) is 11.7 Å². The highest BCUT2D eigenvalue weighted by atomic mass is 35.5. The average molecular weight is 418 g/mol. The Morgan fingerprint density at radius 3 is 2.66 bits per heavy atom. The minimum absolute atomic E-state index is 0.0445. The quantitative estimate of drug-likeness (QED) is 0.637. The molecule has 2 heterocycles. The maximum Gasteiger partial charge on any atom is 0.339 e. The van der Waals surface area contributed by atoms with Gasteiger partial charge < -0.3 is 15.2 Å². The Labute approximate surface area is 171 Å². The molecule has 0 spiro atoms. The second-order valence-electron chi connectivity index (χ2n) is 6.52. The van der Waals surface area contributed by atoms with E-state index in [0.29, 0.717) is 27.8 Å². The number of rotatable bonds is 6. The number of benzene rings is 1. The summed E-state index contributed by atoms with van der Waals surface area (Å²) in [5, 5.41) is 20.9. The summed E-state index contributed by atoms with van der Waals surface area (Å²) in [5.41, 5.74) is 2.41. The van der Waals surface area contributed by atoms with Gasteiger partial charge in [-0.3, -0.25) is 9.48 Å². The summed E-state index contributed by atoms with van der Waals surface area (Å²) < 4.78 is 8.59. The molecule has 10 heteroatoms. The third-order valence-corrected chi connectivity index (χ3v) is 4.91. The first-order valence-corrected chi connectivity index (χ1v) is 9.06. The second kappa shape index (κ2) is 7.96. The molecular formula is C19H20ClN5O4.